The van der Waals surface area contributed by atoms with E-state index in [9.17, 15) is 36.7 Å². The minimum atomic E-state index is -1.87. The van der Waals surface area contributed by atoms with Crippen LogP contribution in [0.4, 0.5) is 17.6 Å². The summed E-state index contributed by atoms with van der Waals surface area (Å²) >= 11 is 0. The molecular weight excluding hydrogens is 610 g/mol. The Labute approximate surface area is 263 Å². The second kappa shape index (κ2) is 14.3. The maximum absolute atomic E-state index is 14.1. The van der Waals surface area contributed by atoms with E-state index in [2.05, 4.69) is 31.2 Å². The lowest BCUT2D eigenvalue weighted by Crippen LogP contribution is -2.47. The Morgan fingerprint density at radius 3 is 2.13 bits per heavy atom. The van der Waals surface area contributed by atoms with Gasteiger partial charge in [-0.05, 0) is 50.3 Å². The highest BCUT2D eigenvalue weighted by molar-refractivity contribution is 5.93. The first kappa shape index (κ1) is 35.9. The molecule has 1 heterocycles. The molecule has 2 aromatic carbocycles. The standard InChI is InChI=1S/C33H37F4N3O6/c1-18-12-20(13-19-10-8-9-11-21(19)32(2,3)4)31(44)40(39-18)16-26(42)38-24(15-27(43)46-33(5,6)7)25(41)17-45-30-28(36)22(34)14-23(35)29(30)37/h8-12,14,24H,13,15-17H2,1-7H3,(H,38,42)/t24-/m0/s1. The van der Waals surface area contributed by atoms with Crippen molar-refractivity contribution in [2.45, 2.75) is 84.9 Å². The number of benzene rings is 2. The lowest BCUT2D eigenvalue weighted by atomic mass is 9.82. The number of hydrogen-bond donors (Lipinski definition) is 1. The number of carbonyl (C=O) groups excluding carboxylic acids is 3. The molecule has 46 heavy (non-hydrogen) atoms. The highest BCUT2D eigenvalue weighted by Crippen LogP contribution is 2.28. The van der Waals surface area contributed by atoms with Gasteiger partial charge in [-0.3, -0.25) is 19.2 Å². The summed E-state index contributed by atoms with van der Waals surface area (Å²) in [5, 5.41) is 6.46. The van der Waals surface area contributed by atoms with E-state index in [0.717, 1.165) is 15.8 Å². The molecule has 9 nitrogen and oxygen atoms in total. The van der Waals surface area contributed by atoms with Crippen LogP contribution in [0.5, 0.6) is 5.75 Å². The van der Waals surface area contributed by atoms with E-state index >= 15 is 0 Å². The number of hydrogen-bond acceptors (Lipinski definition) is 7. The van der Waals surface area contributed by atoms with E-state index in [-0.39, 0.29) is 17.9 Å². The molecular formula is C33H37F4N3O6. The quantitative estimate of drug-likeness (QED) is 0.180. The van der Waals surface area contributed by atoms with E-state index in [1.165, 1.54) is 0 Å². The van der Waals surface area contributed by atoms with Gasteiger partial charge in [-0.2, -0.15) is 13.9 Å². The summed E-state index contributed by atoms with van der Waals surface area (Å²) in [6, 6.07) is 7.60. The van der Waals surface area contributed by atoms with Crippen LogP contribution in [0.15, 0.2) is 41.2 Å². The van der Waals surface area contributed by atoms with Gasteiger partial charge in [-0.25, -0.2) is 13.5 Å². The molecule has 1 atom stereocenters. The number of esters is 1. The molecule has 3 aromatic rings. The van der Waals surface area contributed by atoms with Crippen LogP contribution >= 0.6 is 0 Å². The van der Waals surface area contributed by atoms with Gasteiger partial charge >= 0.3 is 5.97 Å². The number of ether oxygens (including phenoxy) is 2. The highest BCUT2D eigenvalue weighted by atomic mass is 19.2. The van der Waals surface area contributed by atoms with Crippen molar-refractivity contribution >= 4 is 17.7 Å². The second-order valence-corrected chi connectivity index (χ2v) is 12.8. The zero-order valence-corrected chi connectivity index (χ0v) is 26.7. The van der Waals surface area contributed by atoms with Crippen LogP contribution in [0.1, 0.15) is 70.3 Å². The Balaban J connectivity index is 1.84. The number of rotatable bonds is 11. The number of amides is 1. The maximum atomic E-state index is 14.1. The van der Waals surface area contributed by atoms with Crippen LogP contribution in [0.25, 0.3) is 0 Å². The minimum absolute atomic E-state index is 0.0269. The van der Waals surface area contributed by atoms with Crippen molar-refractivity contribution in [1.29, 1.82) is 0 Å². The summed E-state index contributed by atoms with van der Waals surface area (Å²) < 4.78 is 66.2. The average molecular weight is 648 g/mol. The van der Waals surface area contributed by atoms with E-state index in [1.54, 1.807) is 33.8 Å². The van der Waals surface area contributed by atoms with Gasteiger partial charge in [0.1, 0.15) is 24.8 Å². The molecule has 0 radical (unpaired) electrons. The number of aromatic nitrogens is 2. The third-order valence-corrected chi connectivity index (χ3v) is 6.62. The SMILES string of the molecule is Cc1cc(Cc2ccccc2C(C)(C)C)c(=O)n(CC(=O)N[C@@H](CC(=O)OC(C)(C)C)C(=O)COc2c(F)c(F)cc(F)c2F)n1. The molecule has 13 heteroatoms. The summed E-state index contributed by atoms with van der Waals surface area (Å²) in [7, 11) is 0. The third kappa shape index (κ3) is 9.48. The van der Waals surface area contributed by atoms with Gasteiger partial charge in [0.25, 0.3) is 5.56 Å². The van der Waals surface area contributed by atoms with Crippen molar-refractivity contribution in [3.8, 4) is 5.75 Å². The summed E-state index contributed by atoms with van der Waals surface area (Å²) in [5.41, 5.74) is 1.06. The van der Waals surface area contributed by atoms with Crippen LogP contribution < -0.4 is 15.6 Å². The first-order chi connectivity index (χ1) is 21.3. The van der Waals surface area contributed by atoms with E-state index in [0.29, 0.717) is 11.3 Å². The molecule has 3 rings (SSSR count). The predicted molar refractivity (Wildman–Crippen MR) is 160 cm³/mol. The van der Waals surface area contributed by atoms with Crippen molar-refractivity contribution in [3.63, 3.8) is 0 Å². The second-order valence-electron chi connectivity index (χ2n) is 12.8. The van der Waals surface area contributed by atoms with Crippen LogP contribution in [0.3, 0.4) is 0 Å². The molecule has 0 unspecified atom stereocenters. The maximum Gasteiger partial charge on any atom is 0.308 e. The van der Waals surface area contributed by atoms with Gasteiger partial charge in [0.05, 0.1) is 12.1 Å². The Bertz CT molecular complexity index is 1670. The first-order valence-corrected chi connectivity index (χ1v) is 14.4. The molecule has 0 bridgehead atoms. The largest absolute Gasteiger partial charge is 0.479 e. The molecule has 0 fully saturated rings. The molecule has 0 saturated carbocycles. The van der Waals surface area contributed by atoms with Crippen LogP contribution in [0.2, 0.25) is 0 Å². The molecule has 1 N–H and O–H groups in total. The minimum Gasteiger partial charge on any atom is -0.479 e. The van der Waals surface area contributed by atoms with E-state index in [1.807, 2.05) is 24.3 Å². The van der Waals surface area contributed by atoms with E-state index < -0.39 is 83.5 Å². The predicted octanol–water partition coefficient (Wildman–Crippen LogP) is 4.86. The van der Waals surface area contributed by atoms with Crippen molar-refractivity contribution in [1.82, 2.24) is 15.1 Å². The zero-order valence-electron chi connectivity index (χ0n) is 26.7. The zero-order chi connectivity index (χ0) is 34.6. The van der Waals surface area contributed by atoms with Gasteiger partial charge in [0.15, 0.2) is 23.2 Å². The molecule has 1 amide bonds. The molecule has 0 aliphatic carbocycles. The van der Waals surface area contributed by atoms with Crippen molar-refractivity contribution in [3.05, 3.63) is 92.4 Å². The average Bonchev–Trinajstić information content (AvgIpc) is 2.92. The van der Waals surface area contributed by atoms with Gasteiger partial charge in [-0.1, -0.05) is 45.0 Å². The molecule has 248 valence electrons. The number of carbonyl (C=O) groups is 3. The molecule has 1 aromatic heterocycles. The number of nitrogens with zero attached hydrogens (tertiary/aromatic N) is 2. The number of halogens is 4. The smallest absolute Gasteiger partial charge is 0.308 e. The fourth-order valence-corrected chi connectivity index (χ4v) is 4.68. The highest BCUT2D eigenvalue weighted by Gasteiger charge is 2.29. The number of aryl methyl sites for hydroxylation is 1. The Hall–Kier alpha value is -4.55. The molecule has 0 saturated heterocycles. The third-order valence-electron chi connectivity index (χ3n) is 6.62. The van der Waals surface area contributed by atoms with Crippen LogP contribution in [-0.2, 0) is 37.5 Å². The fraction of sp³-hybridized carbons (Fsp3) is 0.424. The summed E-state index contributed by atoms with van der Waals surface area (Å²) in [4.78, 5) is 52.1. The van der Waals surface area contributed by atoms with Crippen LogP contribution in [-0.4, -0.2) is 45.7 Å². The Kier molecular flexibility index (Phi) is 11.1. The normalized spacial score (nSPS) is 12.4. The van der Waals surface area contributed by atoms with Gasteiger partial charge in [-0.15, -0.1) is 0 Å². The fourth-order valence-electron chi connectivity index (χ4n) is 4.68. The van der Waals surface area contributed by atoms with Crippen molar-refractivity contribution in [2.75, 3.05) is 6.61 Å². The van der Waals surface area contributed by atoms with Gasteiger partial charge < -0.3 is 14.8 Å². The number of nitrogens with one attached hydrogen (secondary N) is 1. The molecule has 0 aliphatic rings. The van der Waals surface area contributed by atoms with Crippen molar-refractivity contribution in [2.24, 2.45) is 0 Å². The number of Topliss-reactive ketones (excluding diaryl/α,β-unsaturated/α-hetero) is 1. The topological polar surface area (TPSA) is 117 Å². The van der Waals surface area contributed by atoms with Crippen LogP contribution in [0, 0.1) is 30.2 Å². The van der Waals surface area contributed by atoms with E-state index in [4.69, 9.17) is 9.47 Å². The van der Waals surface area contributed by atoms with Gasteiger partial charge in [0.2, 0.25) is 17.5 Å². The Morgan fingerprint density at radius 2 is 1.54 bits per heavy atom. The first-order valence-electron chi connectivity index (χ1n) is 14.4. The summed E-state index contributed by atoms with van der Waals surface area (Å²) in [6.45, 7) is 10.7. The monoisotopic (exact) mass is 647 g/mol. The molecule has 0 aliphatic heterocycles. The number of ketones is 1. The lowest BCUT2D eigenvalue weighted by Gasteiger charge is -2.23. The van der Waals surface area contributed by atoms with Gasteiger partial charge in [0, 0.05) is 18.1 Å². The summed E-state index contributed by atoms with van der Waals surface area (Å²) in [6.07, 6.45) is -0.458. The molecule has 0 spiro atoms. The van der Waals surface area contributed by atoms with Crippen molar-refractivity contribution < 1.29 is 41.4 Å². The Morgan fingerprint density at radius 1 is 0.935 bits per heavy atom. The lowest BCUT2D eigenvalue weighted by molar-refractivity contribution is -0.156. The summed E-state index contributed by atoms with van der Waals surface area (Å²) in [5.74, 6) is -11.6.